The Bertz CT molecular complexity index is 995. The second kappa shape index (κ2) is 9.40. The van der Waals surface area contributed by atoms with Crippen molar-refractivity contribution in [1.82, 2.24) is 4.90 Å². The van der Waals surface area contributed by atoms with Crippen molar-refractivity contribution >= 4 is 27.3 Å². The molecule has 5 nitrogen and oxygen atoms in total. The smallest absolute Gasteiger partial charge is 0.261 e. The lowest BCUT2D eigenvalue weighted by Gasteiger charge is -2.28. The standard InChI is InChI=1S/C23H28ClNO4S/c1-4-18-5-7-19(8-6-18)13-25(20-9-10-30(27,28)15-20)22(26)14-29-21-11-16(2)23(24)17(3)12-21/h5-8,11-12,20H,4,9-10,13-15H2,1-3H3/t20-/m0/s1. The van der Waals surface area contributed by atoms with Gasteiger partial charge in [0.15, 0.2) is 16.4 Å². The van der Waals surface area contributed by atoms with Crippen LogP contribution in [0.4, 0.5) is 0 Å². The van der Waals surface area contributed by atoms with Crippen LogP contribution in [0.15, 0.2) is 36.4 Å². The van der Waals surface area contributed by atoms with E-state index in [0.717, 1.165) is 23.1 Å². The van der Waals surface area contributed by atoms with Gasteiger partial charge in [0.25, 0.3) is 5.91 Å². The molecule has 1 aliphatic rings. The lowest BCUT2D eigenvalue weighted by molar-refractivity contribution is -0.136. The van der Waals surface area contributed by atoms with Crippen molar-refractivity contribution in [3.63, 3.8) is 0 Å². The van der Waals surface area contributed by atoms with Crippen LogP contribution in [0, 0.1) is 13.8 Å². The monoisotopic (exact) mass is 449 g/mol. The highest BCUT2D eigenvalue weighted by molar-refractivity contribution is 7.91. The van der Waals surface area contributed by atoms with E-state index in [4.69, 9.17) is 16.3 Å². The molecule has 1 heterocycles. The second-order valence-electron chi connectivity index (χ2n) is 7.91. The molecule has 0 saturated carbocycles. The van der Waals surface area contributed by atoms with Gasteiger partial charge < -0.3 is 9.64 Å². The SMILES string of the molecule is CCc1ccc(CN(C(=O)COc2cc(C)c(Cl)c(C)c2)[C@H]2CCS(=O)(=O)C2)cc1. The molecule has 0 aliphatic carbocycles. The number of carbonyl (C=O) groups excluding carboxylic acids is 1. The van der Waals surface area contributed by atoms with E-state index in [1.807, 2.05) is 38.1 Å². The van der Waals surface area contributed by atoms with Crippen LogP contribution in [0.3, 0.4) is 0 Å². The molecule has 2 aromatic rings. The van der Waals surface area contributed by atoms with E-state index in [0.29, 0.717) is 23.7 Å². The molecule has 30 heavy (non-hydrogen) atoms. The molecule has 1 fully saturated rings. The maximum Gasteiger partial charge on any atom is 0.261 e. The van der Waals surface area contributed by atoms with Gasteiger partial charge in [0.05, 0.1) is 11.5 Å². The van der Waals surface area contributed by atoms with Crippen LogP contribution in [0.25, 0.3) is 0 Å². The molecule has 1 saturated heterocycles. The lowest BCUT2D eigenvalue weighted by Crippen LogP contribution is -2.43. The summed E-state index contributed by atoms with van der Waals surface area (Å²) >= 11 is 6.20. The first-order valence-corrected chi connectivity index (χ1v) is 12.4. The van der Waals surface area contributed by atoms with Crippen molar-refractivity contribution in [1.29, 1.82) is 0 Å². The molecule has 0 N–H and O–H groups in total. The molecule has 2 aromatic carbocycles. The summed E-state index contributed by atoms with van der Waals surface area (Å²) in [6.07, 6.45) is 1.40. The van der Waals surface area contributed by atoms with Gasteiger partial charge in [-0.15, -0.1) is 0 Å². The molecule has 7 heteroatoms. The van der Waals surface area contributed by atoms with Crippen LogP contribution < -0.4 is 4.74 Å². The zero-order valence-corrected chi connectivity index (χ0v) is 19.2. The third kappa shape index (κ3) is 5.55. The molecule has 0 unspecified atom stereocenters. The summed E-state index contributed by atoms with van der Waals surface area (Å²) in [5.41, 5.74) is 3.96. The highest BCUT2D eigenvalue weighted by atomic mass is 35.5. The number of ether oxygens (including phenoxy) is 1. The Morgan fingerprint density at radius 1 is 1.13 bits per heavy atom. The normalized spacial score (nSPS) is 17.7. The minimum atomic E-state index is -3.11. The molecule has 1 aliphatic heterocycles. The van der Waals surface area contributed by atoms with Gasteiger partial charge in [0.1, 0.15) is 5.75 Å². The fourth-order valence-electron chi connectivity index (χ4n) is 3.74. The summed E-state index contributed by atoms with van der Waals surface area (Å²) in [6, 6.07) is 11.3. The Morgan fingerprint density at radius 3 is 2.27 bits per heavy atom. The molecule has 0 spiro atoms. The Labute approximate surface area is 183 Å². The Hall–Kier alpha value is -2.05. The highest BCUT2D eigenvalue weighted by Crippen LogP contribution is 2.26. The van der Waals surface area contributed by atoms with Crippen LogP contribution >= 0.6 is 11.6 Å². The molecular weight excluding hydrogens is 422 g/mol. The van der Waals surface area contributed by atoms with Crippen LogP contribution in [-0.2, 0) is 27.6 Å². The van der Waals surface area contributed by atoms with Gasteiger partial charge >= 0.3 is 0 Å². The maximum absolute atomic E-state index is 13.1. The van der Waals surface area contributed by atoms with E-state index in [2.05, 4.69) is 6.92 Å². The van der Waals surface area contributed by atoms with Crippen molar-refractivity contribution in [3.8, 4) is 5.75 Å². The van der Waals surface area contributed by atoms with Gasteiger partial charge in [-0.25, -0.2) is 8.42 Å². The number of benzene rings is 2. The number of halogens is 1. The Balaban J connectivity index is 1.75. The van der Waals surface area contributed by atoms with E-state index in [1.54, 1.807) is 17.0 Å². The van der Waals surface area contributed by atoms with Gasteiger partial charge in [-0.2, -0.15) is 0 Å². The Kier molecular flexibility index (Phi) is 7.09. The third-order valence-corrected chi connectivity index (χ3v) is 7.87. The molecule has 1 atom stereocenters. The van der Waals surface area contributed by atoms with Crippen molar-refractivity contribution in [2.24, 2.45) is 0 Å². The summed E-state index contributed by atoms with van der Waals surface area (Å²) < 4.78 is 29.8. The number of nitrogens with zero attached hydrogens (tertiary/aromatic N) is 1. The van der Waals surface area contributed by atoms with E-state index < -0.39 is 9.84 Å². The van der Waals surface area contributed by atoms with Gasteiger partial charge in [-0.05, 0) is 61.1 Å². The van der Waals surface area contributed by atoms with Crippen LogP contribution in [0.1, 0.15) is 35.6 Å². The number of hydrogen-bond donors (Lipinski definition) is 0. The summed E-state index contributed by atoms with van der Waals surface area (Å²) in [5, 5.41) is 0.682. The zero-order chi connectivity index (χ0) is 21.9. The van der Waals surface area contributed by atoms with Crippen molar-refractivity contribution in [2.75, 3.05) is 18.1 Å². The van der Waals surface area contributed by atoms with Crippen molar-refractivity contribution in [3.05, 3.63) is 63.7 Å². The van der Waals surface area contributed by atoms with Crippen LogP contribution in [-0.4, -0.2) is 43.4 Å². The van der Waals surface area contributed by atoms with Crippen LogP contribution in [0.5, 0.6) is 5.75 Å². The molecule has 3 rings (SSSR count). The number of rotatable bonds is 7. The predicted molar refractivity (Wildman–Crippen MR) is 120 cm³/mol. The fraction of sp³-hybridized carbons (Fsp3) is 0.435. The quantitative estimate of drug-likeness (QED) is 0.638. The van der Waals surface area contributed by atoms with Crippen LogP contribution in [0.2, 0.25) is 5.02 Å². The third-order valence-electron chi connectivity index (χ3n) is 5.53. The first kappa shape index (κ1) is 22.6. The van der Waals surface area contributed by atoms with E-state index in [9.17, 15) is 13.2 Å². The minimum absolute atomic E-state index is 0.00491. The van der Waals surface area contributed by atoms with E-state index in [-0.39, 0.29) is 30.1 Å². The fourth-order valence-corrected chi connectivity index (χ4v) is 5.58. The number of carbonyl (C=O) groups is 1. The molecule has 0 aromatic heterocycles. The summed E-state index contributed by atoms with van der Waals surface area (Å²) in [4.78, 5) is 14.7. The average Bonchev–Trinajstić information content (AvgIpc) is 3.08. The first-order valence-electron chi connectivity index (χ1n) is 10.2. The number of aryl methyl sites for hydroxylation is 3. The van der Waals surface area contributed by atoms with E-state index in [1.165, 1.54) is 5.56 Å². The minimum Gasteiger partial charge on any atom is -0.484 e. The number of sulfone groups is 1. The molecule has 0 bridgehead atoms. The summed E-state index contributed by atoms with van der Waals surface area (Å²) in [6.45, 7) is 6.08. The summed E-state index contributed by atoms with van der Waals surface area (Å²) in [5.74, 6) is 0.480. The maximum atomic E-state index is 13.1. The summed E-state index contributed by atoms with van der Waals surface area (Å²) in [7, 11) is -3.11. The molecule has 162 valence electrons. The van der Waals surface area contributed by atoms with Gasteiger partial charge in [0, 0.05) is 17.6 Å². The lowest BCUT2D eigenvalue weighted by atomic mass is 10.1. The largest absolute Gasteiger partial charge is 0.484 e. The highest BCUT2D eigenvalue weighted by Gasteiger charge is 2.34. The topological polar surface area (TPSA) is 63.7 Å². The zero-order valence-electron chi connectivity index (χ0n) is 17.7. The first-order chi connectivity index (χ1) is 14.2. The Morgan fingerprint density at radius 2 is 1.73 bits per heavy atom. The van der Waals surface area contributed by atoms with Crippen molar-refractivity contribution < 1.29 is 17.9 Å². The molecule has 0 radical (unpaired) electrons. The second-order valence-corrected chi connectivity index (χ2v) is 10.5. The van der Waals surface area contributed by atoms with Gasteiger partial charge in [-0.3, -0.25) is 4.79 Å². The van der Waals surface area contributed by atoms with Gasteiger partial charge in [-0.1, -0.05) is 42.8 Å². The molecular formula is C23H28ClNO4S. The van der Waals surface area contributed by atoms with Gasteiger partial charge in [0.2, 0.25) is 0 Å². The predicted octanol–water partition coefficient (Wildman–Crippen LogP) is 4.11. The molecule has 1 amide bonds. The number of hydrogen-bond acceptors (Lipinski definition) is 4. The van der Waals surface area contributed by atoms with E-state index >= 15 is 0 Å². The number of amides is 1. The average molecular weight is 450 g/mol. The van der Waals surface area contributed by atoms with Crippen molar-refractivity contribution in [2.45, 2.75) is 46.2 Å².